The van der Waals surface area contributed by atoms with Crippen LogP contribution in [-0.4, -0.2) is 22.1 Å². The number of aromatic nitrogens is 1. The second-order valence-electron chi connectivity index (χ2n) is 3.84. The summed E-state index contributed by atoms with van der Waals surface area (Å²) in [6, 6.07) is 0.322. The third-order valence-electron chi connectivity index (χ3n) is 2.82. The van der Waals surface area contributed by atoms with Crippen LogP contribution in [0.1, 0.15) is 43.3 Å². The Hall–Kier alpha value is -1.10. The summed E-state index contributed by atoms with van der Waals surface area (Å²) < 4.78 is 0. The Morgan fingerprint density at radius 2 is 2.19 bits per heavy atom. The van der Waals surface area contributed by atoms with Gasteiger partial charge in [-0.1, -0.05) is 38.0 Å². The molecule has 1 aromatic heterocycles. The number of thiazole rings is 1. The molecule has 2 N–H and O–H groups in total. The monoisotopic (exact) mass is 242 g/mol. The van der Waals surface area contributed by atoms with E-state index in [0.29, 0.717) is 17.1 Å². The molecule has 1 heterocycles. The minimum absolute atomic E-state index is 0.277. The molecule has 5 heteroatoms. The molecule has 90 valence electrons. The summed E-state index contributed by atoms with van der Waals surface area (Å²) in [7, 11) is 0. The fourth-order valence-electron chi connectivity index (χ4n) is 1.75. The Morgan fingerprint density at radius 3 is 2.62 bits per heavy atom. The molecular weight excluding hydrogens is 224 g/mol. The van der Waals surface area contributed by atoms with Crippen LogP contribution in [-0.2, 0) is 0 Å². The molecule has 1 rings (SSSR count). The summed E-state index contributed by atoms with van der Waals surface area (Å²) in [5, 5.41) is 12.7. The van der Waals surface area contributed by atoms with E-state index in [1.165, 1.54) is 17.5 Å². The van der Waals surface area contributed by atoms with Crippen LogP contribution in [0.2, 0.25) is 0 Å². The average molecular weight is 242 g/mol. The van der Waals surface area contributed by atoms with Gasteiger partial charge in [0.25, 0.3) is 0 Å². The van der Waals surface area contributed by atoms with E-state index < -0.39 is 5.97 Å². The zero-order valence-corrected chi connectivity index (χ0v) is 10.7. The number of carboxylic acids is 1. The molecule has 0 aliphatic carbocycles. The lowest BCUT2D eigenvalue weighted by Gasteiger charge is -2.21. The van der Waals surface area contributed by atoms with Crippen molar-refractivity contribution in [1.82, 2.24) is 4.98 Å². The highest BCUT2D eigenvalue weighted by molar-refractivity contribution is 7.17. The van der Waals surface area contributed by atoms with Crippen molar-refractivity contribution in [2.45, 2.75) is 39.7 Å². The van der Waals surface area contributed by atoms with Crippen molar-refractivity contribution in [2.75, 3.05) is 5.32 Å². The van der Waals surface area contributed by atoms with Gasteiger partial charge in [0.15, 0.2) is 5.13 Å². The standard InChI is InChI=1S/C11H18N2O2S/c1-4-8(5-2)7(3)13-11-12-6-9(16-11)10(14)15/h6-8H,4-5H2,1-3H3,(H,12,13)(H,14,15). The van der Waals surface area contributed by atoms with Crippen LogP contribution >= 0.6 is 11.3 Å². The molecule has 0 spiro atoms. The van der Waals surface area contributed by atoms with Crippen molar-refractivity contribution in [2.24, 2.45) is 5.92 Å². The molecule has 0 bridgehead atoms. The SMILES string of the molecule is CCC(CC)C(C)Nc1ncc(C(=O)O)s1. The molecule has 0 radical (unpaired) electrons. The number of rotatable bonds is 6. The molecule has 0 fully saturated rings. The summed E-state index contributed by atoms with van der Waals surface area (Å²) in [4.78, 5) is 15.0. The minimum atomic E-state index is -0.916. The van der Waals surface area contributed by atoms with Gasteiger partial charge in [-0.2, -0.15) is 0 Å². The molecule has 1 aromatic rings. The van der Waals surface area contributed by atoms with E-state index in [2.05, 4.69) is 31.1 Å². The molecule has 1 unspecified atom stereocenters. The van der Waals surface area contributed by atoms with Crippen LogP contribution in [0.25, 0.3) is 0 Å². The van der Waals surface area contributed by atoms with Crippen LogP contribution in [0.5, 0.6) is 0 Å². The van der Waals surface area contributed by atoms with Crippen LogP contribution in [0.15, 0.2) is 6.20 Å². The smallest absolute Gasteiger partial charge is 0.347 e. The largest absolute Gasteiger partial charge is 0.477 e. The number of carbonyl (C=O) groups is 1. The first-order valence-corrected chi connectivity index (χ1v) is 6.35. The van der Waals surface area contributed by atoms with Crippen LogP contribution in [0.4, 0.5) is 5.13 Å². The van der Waals surface area contributed by atoms with Gasteiger partial charge in [0.2, 0.25) is 0 Å². The Kier molecular flexibility index (Phi) is 4.73. The van der Waals surface area contributed by atoms with E-state index >= 15 is 0 Å². The molecule has 16 heavy (non-hydrogen) atoms. The number of aromatic carboxylic acids is 1. The number of anilines is 1. The minimum Gasteiger partial charge on any atom is -0.477 e. The van der Waals surface area contributed by atoms with E-state index in [0.717, 1.165) is 12.8 Å². The van der Waals surface area contributed by atoms with Gasteiger partial charge in [0.05, 0.1) is 6.20 Å². The van der Waals surface area contributed by atoms with Crippen molar-refractivity contribution < 1.29 is 9.90 Å². The maximum absolute atomic E-state index is 10.7. The Balaban J connectivity index is 2.62. The fourth-order valence-corrected chi connectivity index (χ4v) is 2.50. The van der Waals surface area contributed by atoms with Gasteiger partial charge in [-0.25, -0.2) is 9.78 Å². The normalized spacial score (nSPS) is 12.8. The first kappa shape index (κ1) is 13.0. The Labute approximate surface area is 99.7 Å². The summed E-state index contributed by atoms with van der Waals surface area (Å²) in [6.45, 7) is 6.44. The third-order valence-corrected chi connectivity index (χ3v) is 3.74. The zero-order chi connectivity index (χ0) is 12.1. The predicted octanol–water partition coefficient (Wildman–Crippen LogP) is 3.08. The van der Waals surface area contributed by atoms with E-state index in [-0.39, 0.29) is 4.88 Å². The first-order chi connectivity index (χ1) is 7.58. The molecular formula is C11H18N2O2S. The maximum Gasteiger partial charge on any atom is 0.347 e. The van der Waals surface area contributed by atoms with E-state index in [4.69, 9.17) is 5.11 Å². The number of carboxylic acid groups (broad SMARTS) is 1. The number of nitrogens with one attached hydrogen (secondary N) is 1. The predicted molar refractivity (Wildman–Crippen MR) is 66.2 cm³/mol. The van der Waals surface area contributed by atoms with Gasteiger partial charge < -0.3 is 10.4 Å². The second kappa shape index (κ2) is 5.84. The lowest BCUT2D eigenvalue weighted by atomic mass is 9.96. The number of nitrogens with zero attached hydrogens (tertiary/aromatic N) is 1. The van der Waals surface area contributed by atoms with Crippen LogP contribution in [0.3, 0.4) is 0 Å². The number of hydrogen-bond acceptors (Lipinski definition) is 4. The first-order valence-electron chi connectivity index (χ1n) is 5.54. The summed E-state index contributed by atoms with van der Waals surface area (Å²) in [6.07, 6.45) is 3.62. The third kappa shape index (κ3) is 3.20. The van der Waals surface area contributed by atoms with Crippen molar-refractivity contribution in [3.05, 3.63) is 11.1 Å². The highest BCUT2D eigenvalue weighted by Crippen LogP contribution is 2.22. The topological polar surface area (TPSA) is 62.2 Å². The molecule has 0 aromatic carbocycles. The van der Waals surface area contributed by atoms with Gasteiger partial charge in [-0.15, -0.1) is 0 Å². The van der Waals surface area contributed by atoms with Crippen molar-refractivity contribution in [1.29, 1.82) is 0 Å². The maximum atomic E-state index is 10.7. The highest BCUT2D eigenvalue weighted by Gasteiger charge is 2.15. The van der Waals surface area contributed by atoms with Gasteiger partial charge in [0, 0.05) is 6.04 Å². The average Bonchev–Trinajstić information content (AvgIpc) is 2.68. The fraction of sp³-hybridized carbons (Fsp3) is 0.636. The van der Waals surface area contributed by atoms with E-state index in [9.17, 15) is 4.79 Å². The molecule has 1 atom stereocenters. The highest BCUT2D eigenvalue weighted by atomic mass is 32.1. The quantitative estimate of drug-likeness (QED) is 0.804. The summed E-state index contributed by atoms with van der Waals surface area (Å²) in [5.41, 5.74) is 0. The molecule has 0 amide bonds. The van der Waals surface area contributed by atoms with Crippen LogP contribution in [0, 0.1) is 5.92 Å². The van der Waals surface area contributed by atoms with E-state index in [1.54, 1.807) is 0 Å². The van der Waals surface area contributed by atoms with Gasteiger partial charge in [0.1, 0.15) is 4.88 Å². The summed E-state index contributed by atoms with van der Waals surface area (Å²) in [5.74, 6) is -0.321. The van der Waals surface area contributed by atoms with Crippen LogP contribution < -0.4 is 5.32 Å². The Morgan fingerprint density at radius 1 is 1.56 bits per heavy atom. The lowest BCUT2D eigenvalue weighted by molar-refractivity contribution is 0.0702. The molecule has 4 nitrogen and oxygen atoms in total. The molecule has 0 aliphatic rings. The van der Waals surface area contributed by atoms with E-state index in [1.807, 2.05) is 0 Å². The number of hydrogen-bond donors (Lipinski definition) is 2. The lowest BCUT2D eigenvalue weighted by Crippen LogP contribution is -2.24. The van der Waals surface area contributed by atoms with Gasteiger partial charge >= 0.3 is 5.97 Å². The molecule has 0 saturated heterocycles. The summed E-state index contributed by atoms with van der Waals surface area (Å²) >= 11 is 1.19. The zero-order valence-electron chi connectivity index (χ0n) is 9.86. The second-order valence-corrected chi connectivity index (χ2v) is 4.88. The molecule has 0 saturated carbocycles. The van der Waals surface area contributed by atoms with Crippen molar-refractivity contribution in [3.63, 3.8) is 0 Å². The van der Waals surface area contributed by atoms with Gasteiger partial charge in [-0.05, 0) is 12.8 Å². The van der Waals surface area contributed by atoms with Crippen molar-refractivity contribution in [3.8, 4) is 0 Å². The van der Waals surface area contributed by atoms with Gasteiger partial charge in [-0.3, -0.25) is 0 Å². The molecule has 0 aliphatic heterocycles. The Bertz CT molecular complexity index is 348. The van der Waals surface area contributed by atoms with Crippen molar-refractivity contribution >= 4 is 22.4 Å².